The van der Waals surface area contributed by atoms with E-state index in [1.54, 1.807) is 0 Å². The van der Waals surface area contributed by atoms with Crippen LogP contribution in [0.5, 0.6) is 0 Å². The summed E-state index contributed by atoms with van der Waals surface area (Å²) < 4.78 is 0. The topological polar surface area (TPSA) is 49.3 Å². The lowest BCUT2D eigenvalue weighted by Crippen LogP contribution is -2.41. The van der Waals surface area contributed by atoms with Crippen molar-refractivity contribution in [1.82, 2.24) is 0 Å². The number of carbonyl (C=O) groups is 1. The Morgan fingerprint density at radius 1 is 1.20 bits per heavy atom. The highest BCUT2D eigenvalue weighted by Gasteiger charge is 2.45. The molecule has 20 heavy (non-hydrogen) atoms. The first-order valence-corrected chi connectivity index (χ1v) is 6.78. The van der Waals surface area contributed by atoms with E-state index in [4.69, 9.17) is 0 Å². The number of para-hydroxylation sites is 1. The lowest BCUT2D eigenvalue weighted by Gasteiger charge is -2.28. The molecule has 0 bridgehead atoms. The standard InChI is InChI=1S/C17H17NO2/c1-12-7-8-13-9-10-17(16(19)20,15(13)11-12)18-14-5-3-2-4-6-14/h2-8,11,18H,9-10H2,1H3,(H,19,20). The Labute approximate surface area is 118 Å². The molecule has 0 amide bonds. The molecular formula is C17H17NO2. The molecule has 0 aromatic heterocycles. The lowest BCUT2D eigenvalue weighted by atomic mass is 9.90. The van der Waals surface area contributed by atoms with Gasteiger partial charge in [0, 0.05) is 5.69 Å². The molecule has 0 aliphatic heterocycles. The van der Waals surface area contributed by atoms with E-state index >= 15 is 0 Å². The van der Waals surface area contributed by atoms with Crippen LogP contribution in [0.3, 0.4) is 0 Å². The van der Waals surface area contributed by atoms with Crippen LogP contribution >= 0.6 is 0 Å². The number of aliphatic carboxylic acids is 1. The van der Waals surface area contributed by atoms with Gasteiger partial charge < -0.3 is 10.4 Å². The maximum Gasteiger partial charge on any atom is 0.334 e. The van der Waals surface area contributed by atoms with Crippen molar-refractivity contribution < 1.29 is 9.90 Å². The normalized spacial score (nSPS) is 20.4. The van der Waals surface area contributed by atoms with E-state index in [0.29, 0.717) is 6.42 Å². The quantitative estimate of drug-likeness (QED) is 0.896. The van der Waals surface area contributed by atoms with Gasteiger partial charge in [-0.15, -0.1) is 0 Å². The number of nitrogens with one attached hydrogen (secondary N) is 1. The molecule has 0 heterocycles. The van der Waals surface area contributed by atoms with Crippen molar-refractivity contribution in [2.24, 2.45) is 0 Å². The van der Waals surface area contributed by atoms with E-state index in [-0.39, 0.29) is 0 Å². The van der Waals surface area contributed by atoms with Gasteiger partial charge in [-0.25, -0.2) is 4.79 Å². The van der Waals surface area contributed by atoms with Gasteiger partial charge in [0.05, 0.1) is 0 Å². The predicted octanol–water partition coefficient (Wildman–Crippen LogP) is 3.33. The predicted molar refractivity (Wildman–Crippen MR) is 78.9 cm³/mol. The highest BCUT2D eigenvalue weighted by molar-refractivity contribution is 5.86. The SMILES string of the molecule is Cc1ccc2c(c1)C(Nc1ccccc1)(C(=O)O)CC2. The fourth-order valence-corrected chi connectivity index (χ4v) is 2.94. The first-order valence-electron chi connectivity index (χ1n) is 6.78. The fraction of sp³-hybridized carbons (Fsp3) is 0.235. The fourth-order valence-electron chi connectivity index (χ4n) is 2.94. The van der Waals surface area contributed by atoms with Crippen LogP contribution in [0.15, 0.2) is 48.5 Å². The van der Waals surface area contributed by atoms with Crippen molar-refractivity contribution in [2.75, 3.05) is 5.32 Å². The second-order valence-electron chi connectivity index (χ2n) is 5.36. The number of carboxylic acid groups (broad SMARTS) is 1. The summed E-state index contributed by atoms with van der Waals surface area (Å²) in [4.78, 5) is 11.9. The summed E-state index contributed by atoms with van der Waals surface area (Å²) in [5.41, 5.74) is 2.94. The number of anilines is 1. The van der Waals surface area contributed by atoms with Gasteiger partial charge in [0.25, 0.3) is 0 Å². The van der Waals surface area contributed by atoms with Crippen molar-refractivity contribution in [1.29, 1.82) is 0 Å². The van der Waals surface area contributed by atoms with Gasteiger partial charge in [0.15, 0.2) is 5.54 Å². The summed E-state index contributed by atoms with van der Waals surface area (Å²) in [6.07, 6.45) is 1.37. The van der Waals surface area contributed by atoms with E-state index in [1.807, 2.05) is 55.5 Å². The van der Waals surface area contributed by atoms with Crippen LogP contribution in [-0.2, 0) is 16.8 Å². The molecule has 3 rings (SSSR count). The molecule has 3 nitrogen and oxygen atoms in total. The van der Waals surface area contributed by atoms with E-state index in [2.05, 4.69) is 5.32 Å². The monoisotopic (exact) mass is 267 g/mol. The molecule has 0 radical (unpaired) electrons. The highest BCUT2D eigenvalue weighted by atomic mass is 16.4. The minimum absolute atomic E-state index is 0.579. The number of carboxylic acids is 1. The molecule has 2 aromatic carbocycles. The number of benzene rings is 2. The molecule has 3 heteroatoms. The molecule has 0 saturated heterocycles. The summed E-state index contributed by atoms with van der Waals surface area (Å²) in [5.74, 6) is -0.814. The van der Waals surface area contributed by atoms with Crippen LogP contribution in [0.25, 0.3) is 0 Å². The maximum atomic E-state index is 11.9. The molecule has 0 spiro atoms. The van der Waals surface area contributed by atoms with Crippen molar-refractivity contribution in [2.45, 2.75) is 25.3 Å². The summed E-state index contributed by atoms with van der Waals surface area (Å²) in [6.45, 7) is 1.99. The Balaban J connectivity index is 2.08. The number of hydrogen-bond acceptors (Lipinski definition) is 2. The zero-order chi connectivity index (χ0) is 14.2. The molecule has 1 atom stereocenters. The van der Waals surface area contributed by atoms with Crippen molar-refractivity contribution in [3.63, 3.8) is 0 Å². The lowest BCUT2D eigenvalue weighted by molar-refractivity contribution is -0.142. The van der Waals surface area contributed by atoms with Crippen LogP contribution in [0.4, 0.5) is 5.69 Å². The van der Waals surface area contributed by atoms with Gasteiger partial charge in [-0.1, -0.05) is 42.0 Å². The third kappa shape index (κ3) is 1.95. The zero-order valence-corrected chi connectivity index (χ0v) is 11.4. The molecule has 1 aliphatic rings. The second-order valence-corrected chi connectivity index (χ2v) is 5.36. The molecular weight excluding hydrogens is 250 g/mol. The highest BCUT2D eigenvalue weighted by Crippen LogP contribution is 2.40. The number of fused-ring (bicyclic) bond motifs is 1. The molecule has 0 fully saturated rings. The van der Waals surface area contributed by atoms with Gasteiger partial charge in [-0.3, -0.25) is 0 Å². The van der Waals surface area contributed by atoms with E-state index in [1.165, 1.54) is 0 Å². The maximum absolute atomic E-state index is 11.9. The first-order chi connectivity index (χ1) is 9.62. The molecule has 2 aromatic rings. The van der Waals surface area contributed by atoms with Crippen LogP contribution in [0.2, 0.25) is 0 Å². The summed E-state index contributed by atoms with van der Waals surface area (Å²) in [7, 11) is 0. The van der Waals surface area contributed by atoms with Gasteiger partial charge >= 0.3 is 5.97 Å². The minimum atomic E-state index is -1.01. The van der Waals surface area contributed by atoms with Crippen molar-refractivity contribution in [3.8, 4) is 0 Å². The second kappa shape index (κ2) is 4.67. The number of aryl methyl sites for hydroxylation is 2. The average Bonchev–Trinajstić information content (AvgIpc) is 2.80. The van der Waals surface area contributed by atoms with Crippen LogP contribution in [0.1, 0.15) is 23.1 Å². The number of rotatable bonds is 3. The third-order valence-electron chi connectivity index (χ3n) is 3.99. The van der Waals surface area contributed by atoms with Crippen LogP contribution in [-0.4, -0.2) is 11.1 Å². The van der Waals surface area contributed by atoms with Crippen LogP contribution < -0.4 is 5.32 Å². The molecule has 102 valence electrons. The Morgan fingerprint density at radius 2 is 1.95 bits per heavy atom. The van der Waals surface area contributed by atoms with Crippen molar-refractivity contribution >= 4 is 11.7 Å². The summed E-state index contributed by atoms with van der Waals surface area (Å²) in [6, 6.07) is 15.6. The molecule has 2 N–H and O–H groups in total. The van der Waals surface area contributed by atoms with E-state index in [9.17, 15) is 9.90 Å². The zero-order valence-electron chi connectivity index (χ0n) is 11.4. The van der Waals surface area contributed by atoms with E-state index in [0.717, 1.165) is 28.8 Å². The minimum Gasteiger partial charge on any atom is -0.479 e. The molecule has 1 aliphatic carbocycles. The largest absolute Gasteiger partial charge is 0.479 e. The smallest absolute Gasteiger partial charge is 0.334 e. The first kappa shape index (κ1) is 12.7. The van der Waals surface area contributed by atoms with Gasteiger partial charge in [0.2, 0.25) is 0 Å². The van der Waals surface area contributed by atoms with Gasteiger partial charge in [0.1, 0.15) is 0 Å². The molecule has 1 unspecified atom stereocenters. The van der Waals surface area contributed by atoms with Crippen molar-refractivity contribution in [3.05, 3.63) is 65.2 Å². The number of hydrogen-bond donors (Lipinski definition) is 2. The van der Waals surface area contributed by atoms with Gasteiger partial charge in [-0.05, 0) is 43.0 Å². The summed E-state index contributed by atoms with van der Waals surface area (Å²) in [5, 5.41) is 13.0. The Kier molecular flexibility index (Phi) is 2.97. The van der Waals surface area contributed by atoms with Crippen LogP contribution in [0, 0.1) is 6.92 Å². The Morgan fingerprint density at radius 3 is 2.65 bits per heavy atom. The van der Waals surface area contributed by atoms with E-state index < -0.39 is 11.5 Å². The third-order valence-corrected chi connectivity index (χ3v) is 3.99. The Hall–Kier alpha value is -2.29. The molecule has 0 saturated carbocycles. The Bertz CT molecular complexity index is 651. The van der Waals surface area contributed by atoms with Gasteiger partial charge in [-0.2, -0.15) is 0 Å². The summed E-state index contributed by atoms with van der Waals surface area (Å²) >= 11 is 0. The average molecular weight is 267 g/mol.